The van der Waals surface area contributed by atoms with Crippen LogP contribution in [0, 0.1) is 0 Å². The van der Waals surface area contributed by atoms with Crippen LogP contribution in [-0.4, -0.2) is 71.7 Å². The van der Waals surface area contributed by atoms with Crippen molar-refractivity contribution in [3.8, 4) is 0 Å². The fraction of sp³-hybridized carbons (Fsp3) is 0.600. The summed E-state index contributed by atoms with van der Waals surface area (Å²) in [5, 5.41) is 8.79. The fourth-order valence-corrected chi connectivity index (χ4v) is 7.11. The Kier molecular flexibility index (Phi) is 5.61. The molecule has 1 saturated carbocycles. The summed E-state index contributed by atoms with van der Waals surface area (Å²) in [6, 6.07) is 5.06. The summed E-state index contributed by atoms with van der Waals surface area (Å²) >= 11 is 6.08. The molecule has 0 bridgehead atoms. The predicted octanol–water partition coefficient (Wildman–Crippen LogP) is 2.18. The summed E-state index contributed by atoms with van der Waals surface area (Å²) in [6.07, 6.45) is 5.01. The van der Waals surface area contributed by atoms with Crippen LogP contribution in [0.25, 0.3) is 0 Å². The Hall–Kier alpha value is -1.64. The highest BCUT2D eigenvalue weighted by Crippen LogP contribution is 2.35. The Balaban J connectivity index is 1.55. The lowest BCUT2D eigenvalue weighted by Gasteiger charge is -2.45. The molecule has 1 unspecified atom stereocenters. The lowest BCUT2D eigenvalue weighted by atomic mass is 9.97. The van der Waals surface area contributed by atoms with Gasteiger partial charge in [-0.05, 0) is 37.8 Å². The number of sulfone groups is 1. The number of hydrogen-bond acceptors (Lipinski definition) is 5. The highest BCUT2D eigenvalue weighted by atomic mass is 35.5. The minimum absolute atomic E-state index is 0.0127. The maximum Gasteiger partial charge on any atom is 0.326 e. The lowest BCUT2D eigenvalue weighted by Crippen LogP contribution is -2.61. The average Bonchev–Trinajstić information content (AvgIpc) is 3.31. The summed E-state index contributed by atoms with van der Waals surface area (Å²) in [4.78, 5) is 28.4. The summed E-state index contributed by atoms with van der Waals surface area (Å²) in [6.45, 7) is 0.729. The Labute approximate surface area is 175 Å². The molecule has 7 nitrogen and oxygen atoms in total. The van der Waals surface area contributed by atoms with Crippen molar-refractivity contribution in [3.63, 3.8) is 0 Å². The van der Waals surface area contributed by atoms with E-state index in [1.807, 2.05) is 0 Å². The van der Waals surface area contributed by atoms with E-state index in [1.165, 1.54) is 17.0 Å². The molecule has 29 heavy (non-hydrogen) atoms. The second kappa shape index (κ2) is 7.89. The van der Waals surface area contributed by atoms with Gasteiger partial charge in [0.05, 0.1) is 21.2 Å². The molecule has 1 aliphatic carbocycles. The van der Waals surface area contributed by atoms with Crippen molar-refractivity contribution in [2.24, 2.45) is 0 Å². The number of aliphatic carboxylic acids is 1. The molecule has 2 heterocycles. The van der Waals surface area contributed by atoms with E-state index in [-0.39, 0.29) is 34.8 Å². The molecule has 158 valence electrons. The van der Waals surface area contributed by atoms with Crippen LogP contribution in [0.4, 0.5) is 0 Å². The third-order valence-electron chi connectivity index (χ3n) is 6.55. The van der Waals surface area contributed by atoms with Crippen molar-refractivity contribution in [3.05, 3.63) is 29.3 Å². The van der Waals surface area contributed by atoms with Gasteiger partial charge in [0.25, 0.3) is 0 Å². The number of amides is 1. The molecule has 3 fully saturated rings. The van der Waals surface area contributed by atoms with Crippen molar-refractivity contribution in [2.45, 2.75) is 66.8 Å². The monoisotopic (exact) mass is 440 g/mol. The van der Waals surface area contributed by atoms with Crippen molar-refractivity contribution in [1.82, 2.24) is 9.80 Å². The average molecular weight is 441 g/mol. The zero-order valence-corrected chi connectivity index (χ0v) is 17.6. The van der Waals surface area contributed by atoms with Crippen molar-refractivity contribution in [2.75, 3.05) is 13.1 Å². The second-order valence-corrected chi connectivity index (χ2v) is 10.8. The van der Waals surface area contributed by atoms with Gasteiger partial charge in [-0.1, -0.05) is 36.6 Å². The zero-order chi connectivity index (χ0) is 20.8. The van der Waals surface area contributed by atoms with E-state index >= 15 is 0 Å². The Morgan fingerprint density at radius 1 is 1.07 bits per heavy atom. The molecule has 1 aromatic carbocycles. The normalized spacial score (nSPS) is 28.4. The van der Waals surface area contributed by atoms with Crippen molar-refractivity contribution < 1.29 is 23.1 Å². The number of rotatable bonds is 5. The van der Waals surface area contributed by atoms with Gasteiger partial charge in [-0.15, -0.1) is 0 Å². The van der Waals surface area contributed by atoms with Gasteiger partial charge in [-0.3, -0.25) is 9.69 Å². The van der Waals surface area contributed by atoms with Gasteiger partial charge in [0.2, 0.25) is 5.91 Å². The summed E-state index contributed by atoms with van der Waals surface area (Å²) in [5.41, 5.74) is 0. The minimum atomic E-state index is -3.85. The van der Waals surface area contributed by atoms with Gasteiger partial charge in [0.15, 0.2) is 9.84 Å². The standard InChI is InChI=1S/C20H25ClN2O5S/c21-15-7-3-4-8-18(15)29(27,28)14-11-17(20(25)26)23(12-14)19(24)16-9-10-22(16)13-5-1-2-6-13/h3-4,7-8,13-14,16-17H,1-2,5-6,9-12H2,(H,25,26)/t14-,16?,17+/m1/s1. The number of hydrogen-bond donors (Lipinski definition) is 1. The topological polar surface area (TPSA) is 95.0 Å². The van der Waals surface area contributed by atoms with E-state index in [9.17, 15) is 23.1 Å². The van der Waals surface area contributed by atoms with Crippen LogP contribution in [0.1, 0.15) is 38.5 Å². The predicted molar refractivity (Wildman–Crippen MR) is 108 cm³/mol. The molecular weight excluding hydrogens is 416 g/mol. The van der Waals surface area contributed by atoms with Gasteiger partial charge >= 0.3 is 5.97 Å². The number of nitrogens with zero attached hydrogens (tertiary/aromatic N) is 2. The van der Waals surface area contributed by atoms with Gasteiger partial charge in [0.1, 0.15) is 6.04 Å². The maximum absolute atomic E-state index is 13.2. The molecule has 4 rings (SSSR count). The van der Waals surface area contributed by atoms with Crippen molar-refractivity contribution in [1.29, 1.82) is 0 Å². The van der Waals surface area contributed by atoms with E-state index in [1.54, 1.807) is 12.1 Å². The Morgan fingerprint density at radius 2 is 1.76 bits per heavy atom. The molecule has 1 amide bonds. The number of benzene rings is 1. The maximum atomic E-state index is 13.2. The third-order valence-corrected chi connectivity index (χ3v) is 9.18. The summed E-state index contributed by atoms with van der Waals surface area (Å²) in [5.74, 6) is -1.42. The molecule has 0 spiro atoms. The molecule has 0 aromatic heterocycles. The number of carbonyl (C=O) groups is 2. The second-order valence-electron chi connectivity index (χ2n) is 8.16. The lowest BCUT2D eigenvalue weighted by molar-refractivity contribution is -0.153. The first kappa shape index (κ1) is 20.6. The SMILES string of the molecule is O=C(O)[C@@H]1C[C@@H](S(=O)(=O)c2ccccc2Cl)CN1C(=O)C1CCN1C1CCCC1. The number of carboxylic acid groups (broad SMARTS) is 1. The first-order valence-corrected chi connectivity index (χ1v) is 12.0. The fourth-order valence-electron chi connectivity index (χ4n) is 4.89. The summed E-state index contributed by atoms with van der Waals surface area (Å²) < 4.78 is 26.2. The number of carbonyl (C=O) groups excluding carboxylic acids is 1. The molecule has 1 N–H and O–H groups in total. The van der Waals surface area contributed by atoms with Crippen LogP contribution in [0.15, 0.2) is 29.2 Å². The first-order valence-electron chi connectivity index (χ1n) is 10.1. The molecule has 3 aliphatic rings. The van der Waals surface area contributed by atoms with Crippen LogP contribution >= 0.6 is 11.6 Å². The highest BCUT2D eigenvalue weighted by molar-refractivity contribution is 7.92. The smallest absolute Gasteiger partial charge is 0.326 e. The van der Waals surface area contributed by atoms with Gasteiger partial charge in [0, 0.05) is 19.1 Å². The van der Waals surface area contributed by atoms with E-state index in [2.05, 4.69) is 4.90 Å². The van der Waals surface area contributed by atoms with Gasteiger partial charge in [-0.25, -0.2) is 13.2 Å². The van der Waals surface area contributed by atoms with Crippen LogP contribution < -0.4 is 0 Å². The molecular formula is C20H25ClN2O5S. The molecule has 2 aliphatic heterocycles. The summed E-state index contributed by atoms with van der Waals surface area (Å²) in [7, 11) is -3.85. The molecule has 3 atom stereocenters. The highest BCUT2D eigenvalue weighted by Gasteiger charge is 2.50. The van der Waals surface area contributed by atoms with Crippen LogP contribution in [-0.2, 0) is 19.4 Å². The van der Waals surface area contributed by atoms with E-state index in [0.29, 0.717) is 12.5 Å². The van der Waals surface area contributed by atoms with Gasteiger partial charge in [-0.2, -0.15) is 0 Å². The number of halogens is 1. The van der Waals surface area contributed by atoms with Crippen molar-refractivity contribution >= 4 is 33.3 Å². The zero-order valence-electron chi connectivity index (χ0n) is 16.0. The Bertz CT molecular complexity index is 915. The number of carboxylic acids is 1. The van der Waals surface area contributed by atoms with E-state index in [4.69, 9.17) is 11.6 Å². The largest absolute Gasteiger partial charge is 0.480 e. The molecule has 9 heteroatoms. The minimum Gasteiger partial charge on any atom is -0.480 e. The molecule has 0 radical (unpaired) electrons. The quantitative estimate of drug-likeness (QED) is 0.754. The third kappa shape index (κ3) is 3.66. The van der Waals surface area contributed by atoms with E-state index < -0.39 is 27.1 Å². The first-order chi connectivity index (χ1) is 13.8. The molecule has 2 saturated heterocycles. The van der Waals surface area contributed by atoms with E-state index in [0.717, 1.165) is 32.2 Å². The van der Waals surface area contributed by atoms with Crippen LogP contribution in [0.2, 0.25) is 5.02 Å². The van der Waals surface area contributed by atoms with Crippen LogP contribution in [0.5, 0.6) is 0 Å². The van der Waals surface area contributed by atoms with Crippen LogP contribution in [0.3, 0.4) is 0 Å². The van der Waals surface area contributed by atoms with Gasteiger partial charge < -0.3 is 10.0 Å². The molecule has 1 aromatic rings. The number of likely N-dealkylation sites (tertiary alicyclic amines) is 2. The Morgan fingerprint density at radius 3 is 2.34 bits per heavy atom.